The number of aromatic amines is 1. The lowest BCUT2D eigenvalue weighted by Crippen LogP contribution is -2.44. The molecule has 0 fully saturated rings. The molecule has 0 radical (unpaired) electrons. The van der Waals surface area contributed by atoms with E-state index >= 15 is 0 Å². The van der Waals surface area contributed by atoms with Crippen LogP contribution in [0.3, 0.4) is 0 Å². The topological polar surface area (TPSA) is 82.1 Å². The molecule has 0 spiro atoms. The van der Waals surface area contributed by atoms with Crippen LogP contribution in [0.4, 0.5) is 4.79 Å². The molecule has 0 aliphatic rings. The van der Waals surface area contributed by atoms with Crippen molar-refractivity contribution >= 4 is 6.09 Å². The molecular formula is C8H14N4O2. The van der Waals surface area contributed by atoms with Gasteiger partial charge in [-0.2, -0.15) is 0 Å². The molecule has 14 heavy (non-hydrogen) atoms. The van der Waals surface area contributed by atoms with Crippen molar-refractivity contribution in [3.8, 4) is 0 Å². The molecule has 2 N–H and O–H groups in total. The highest BCUT2D eigenvalue weighted by Crippen LogP contribution is 2.15. The summed E-state index contributed by atoms with van der Waals surface area (Å²) in [6.07, 6.45) is 0.564. The molecule has 78 valence electrons. The van der Waals surface area contributed by atoms with Gasteiger partial charge in [0.15, 0.2) is 0 Å². The first-order valence-electron chi connectivity index (χ1n) is 4.27. The number of carboxylic acid groups (broad SMARTS) is 1. The number of hydrogen-bond acceptors (Lipinski definition) is 3. The van der Waals surface area contributed by atoms with Gasteiger partial charge in [0.05, 0.1) is 18.4 Å². The van der Waals surface area contributed by atoms with Gasteiger partial charge in [0, 0.05) is 5.54 Å². The quantitative estimate of drug-likeness (QED) is 0.745. The summed E-state index contributed by atoms with van der Waals surface area (Å²) in [6, 6.07) is 0. The molecule has 0 aliphatic carbocycles. The van der Waals surface area contributed by atoms with E-state index in [1.54, 1.807) is 0 Å². The minimum absolute atomic E-state index is 0.270. The van der Waals surface area contributed by atoms with Crippen LogP contribution in [-0.4, -0.2) is 37.0 Å². The lowest BCUT2D eigenvalue weighted by atomic mass is 10.1. The summed E-state index contributed by atoms with van der Waals surface area (Å²) in [5.74, 6) is 0. The third-order valence-corrected chi connectivity index (χ3v) is 1.83. The van der Waals surface area contributed by atoms with E-state index < -0.39 is 11.6 Å². The number of nitrogens with zero attached hydrogens (tertiary/aromatic N) is 3. The normalized spacial score (nSPS) is 11.4. The van der Waals surface area contributed by atoms with Crippen LogP contribution in [0.1, 0.15) is 26.5 Å². The lowest BCUT2D eigenvalue weighted by molar-refractivity contribution is 0.0947. The highest BCUT2D eigenvalue weighted by Gasteiger charge is 2.26. The summed E-state index contributed by atoms with van der Waals surface area (Å²) < 4.78 is 0. The van der Waals surface area contributed by atoms with Crippen molar-refractivity contribution in [1.82, 2.24) is 20.3 Å². The molecule has 0 atom stereocenters. The third-order valence-electron chi connectivity index (χ3n) is 1.83. The van der Waals surface area contributed by atoms with Crippen molar-refractivity contribution in [2.75, 3.05) is 0 Å². The summed E-state index contributed by atoms with van der Waals surface area (Å²) in [5.41, 5.74) is 0.249. The maximum absolute atomic E-state index is 10.9. The molecule has 0 saturated heterocycles. The Morgan fingerprint density at radius 1 is 1.64 bits per heavy atom. The SMILES string of the molecule is CC(C)(C)N(Cc1cnn[nH]1)C(=O)O. The van der Waals surface area contributed by atoms with Crippen molar-refractivity contribution in [3.05, 3.63) is 11.9 Å². The van der Waals surface area contributed by atoms with Crippen molar-refractivity contribution in [2.24, 2.45) is 0 Å². The molecule has 0 bridgehead atoms. The Kier molecular flexibility index (Phi) is 2.73. The van der Waals surface area contributed by atoms with Crippen molar-refractivity contribution in [1.29, 1.82) is 0 Å². The summed E-state index contributed by atoms with van der Waals surface area (Å²) in [4.78, 5) is 12.3. The highest BCUT2D eigenvalue weighted by atomic mass is 16.4. The lowest BCUT2D eigenvalue weighted by Gasteiger charge is -2.32. The molecular weight excluding hydrogens is 184 g/mol. The zero-order valence-corrected chi connectivity index (χ0v) is 8.48. The molecule has 1 aromatic rings. The Morgan fingerprint density at radius 3 is 2.64 bits per heavy atom. The van der Waals surface area contributed by atoms with Gasteiger partial charge < -0.3 is 5.11 Å². The zero-order chi connectivity index (χ0) is 10.8. The van der Waals surface area contributed by atoms with Gasteiger partial charge in [-0.3, -0.25) is 10.00 Å². The largest absolute Gasteiger partial charge is 0.465 e. The van der Waals surface area contributed by atoms with Crippen LogP contribution < -0.4 is 0 Å². The first-order valence-corrected chi connectivity index (χ1v) is 4.27. The van der Waals surface area contributed by atoms with Gasteiger partial charge in [-0.05, 0) is 20.8 Å². The molecule has 1 amide bonds. The number of rotatable bonds is 2. The average Bonchev–Trinajstić information content (AvgIpc) is 2.48. The summed E-state index contributed by atoms with van der Waals surface area (Å²) >= 11 is 0. The molecule has 0 aromatic carbocycles. The second-order valence-electron chi connectivity index (χ2n) is 4.02. The fourth-order valence-corrected chi connectivity index (χ4v) is 1.06. The first kappa shape index (κ1) is 10.5. The van der Waals surface area contributed by atoms with Gasteiger partial charge in [-0.25, -0.2) is 4.79 Å². The molecule has 6 heteroatoms. The number of H-pyrrole nitrogens is 1. The molecule has 1 aromatic heterocycles. The molecule has 0 aliphatic heterocycles. The average molecular weight is 198 g/mol. The maximum atomic E-state index is 10.9. The Morgan fingerprint density at radius 2 is 2.29 bits per heavy atom. The Hall–Kier alpha value is -1.59. The molecule has 0 unspecified atom stereocenters. The molecule has 1 heterocycles. The monoisotopic (exact) mass is 198 g/mol. The predicted octanol–water partition coefficient (Wildman–Crippen LogP) is 1.08. The number of carbonyl (C=O) groups is 1. The minimum atomic E-state index is -0.952. The smallest absolute Gasteiger partial charge is 0.408 e. The van der Waals surface area contributed by atoms with Crippen LogP contribution in [0.2, 0.25) is 0 Å². The van der Waals surface area contributed by atoms with Crippen LogP contribution in [0.25, 0.3) is 0 Å². The van der Waals surface area contributed by atoms with E-state index in [2.05, 4.69) is 15.4 Å². The third kappa shape index (κ3) is 2.45. The van der Waals surface area contributed by atoms with E-state index in [1.807, 2.05) is 20.8 Å². The first-order chi connectivity index (χ1) is 6.41. The standard InChI is InChI=1S/C8H14N4O2/c1-8(2,3)12(7(13)14)5-6-4-9-11-10-6/h4H,5H2,1-3H3,(H,13,14)(H,9,10,11). The van der Waals surface area contributed by atoms with Gasteiger partial charge in [0.2, 0.25) is 0 Å². The van der Waals surface area contributed by atoms with E-state index in [1.165, 1.54) is 11.1 Å². The maximum Gasteiger partial charge on any atom is 0.408 e. The van der Waals surface area contributed by atoms with E-state index in [0.29, 0.717) is 5.69 Å². The van der Waals surface area contributed by atoms with Gasteiger partial charge in [-0.15, -0.1) is 5.10 Å². The van der Waals surface area contributed by atoms with Crippen LogP contribution in [0.15, 0.2) is 6.20 Å². The number of hydrogen-bond donors (Lipinski definition) is 2. The molecule has 6 nitrogen and oxygen atoms in total. The molecule has 1 rings (SSSR count). The van der Waals surface area contributed by atoms with E-state index in [-0.39, 0.29) is 6.54 Å². The van der Waals surface area contributed by atoms with Crippen LogP contribution in [0, 0.1) is 0 Å². The Labute approximate surface area is 81.9 Å². The van der Waals surface area contributed by atoms with Crippen molar-refractivity contribution in [3.63, 3.8) is 0 Å². The minimum Gasteiger partial charge on any atom is -0.465 e. The highest BCUT2D eigenvalue weighted by molar-refractivity contribution is 5.65. The Bertz CT molecular complexity index is 302. The van der Waals surface area contributed by atoms with Gasteiger partial charge in [0.1, 0.15) is 0 Å². The van der Waals surface area contributed by atoms with Gasteiger partial charge in [0.25, 0.3) is 0 Å². The van der Waals surface area contributed by atoms with Crippen LogP contribution >= 0.6 is 0 Å². The van der Waals surface area contributed by atoms with Crippen molar-refractivity contribution < 1.29 is 9.90 Å². The van der Waals surface area contributed by atoms with E-state index in [0.717, 1.165) is 0 Å². The summed E-state index contributed by atoms with van der Waals surface area (Å²) in [5, 5.41) is 18.7. The zero-order valence-electron chi connectivity index (χ0n) is 8.48. The van der Waals surface area contributed by atoms with E-state index in [9.17, 15) is 4.79 Å². The summed E-state index contributed by atoms with van der Waals surface area (Å²) in [6.45, 7) is 5.78. The Balaban J connectivity index is 2.76. The predicted molar refractivity (Wildman–Crippen MR) is 49.7 cm³/mol. The van der Waals surface area contributed by atoms with E-state index in [4.69, 9.17) is 5.11 Å². The summed E-state index contributed by atoms with van der Waals surface area (Å²) in [7, 11) is 0. The number of aromatic nitrogens is 3. The van der Waals surface area contributed by atoms with Crippen LogP contribution in [-0.2, 0) is 6.54 Å². The number of amides is 1. The van der Waals surface area contributed by atoms with Gasteiger partial charge in [-0.1, -0.05) is 5.21 Å². The fourth-order valence-electron chi connectivity index (χ4n) is 1.06. The number of nitrogens with one attached hydrogen (secondary N) is 1. The second-order valence-corrected chi connectivity index (χ2v) is 4.02. The van der Waals surface area contributed by atoms with Crippen LogP contribution in [0.5, 0.6) is 0 Å². The van der Waals surface area contributed by atoms with Gasteiger partial charge >= 0.3 is 6.09 Å². The fraction of sp³-hybridized carbons (Fsp3) is 0.625. The van der Waals surface area contributed by atoms with Crippen molar-refractivity contribution in [2.45, 2.75) is 32.9 Å². The second kappa shape index (κ2) is 3.65. The molecule has 0 saturated carbocycles.